The third-order valence-corrected chi connectivity index (χ3v) is 2.33. The first-order valence-electron chi connectivity index (χ1n) is 5.38. The van der Waals surface area contributed by atoms with Crippen molar-refractivity contribution in [2.45, 2.75) is 13.0 Å². The summed E-state index contributed by atoms with van der Waals surface area (Å²) >= 11 is 0. The molecule has 2 heterocycles. The fourth-order valence-electron chi connectivity index (χ4n) is 1.37. The molecule has 1 amide bonds. The van der Waals surface area contributed by atoms with Crippen molar-refractivity contribution in [3.05, 3.63) is 30.0 Å². The summed E-state index contributed by atoms with van der Waals surface area (Å²) in [4.78, 5) is 15.3. The molecule has 2 aromatic rings. The molecule has 2 aromatic heterocycles. The lowest BCUT2D eigenvalue weighted by molar-refractivity contribution is 0.0957. The second-order valence-corrected chi connectivity index (χ2v) is 3.62. The molecule has 0 saturated carbocycles. The molecule has 0 aliphatic carbocycles. The minimum Gasteiger partial charge on any atom is -0.359 e. The molecule has 0 saturated heterocycles. The highest BCUT2D eigenvalue weighted by Gasteiger charge is 2.10. The van der Waals surface area contributed by atoms with Crippen LogP contribution in [-0.2, 0) is 0 Å². The van der Waals surface area contributed by atoms with Gasteiger partial charge in [0.25, 0.3) is 5.91 Å². The summed E-state index contributed by atoms with van der Waals surface area (Å²) in [6.45, 7) is 1.91. The molecule has 1 unspecified atom stereocenters. The Labute approximate surface area is 103 Å². The van der Waals surface area contributed by atoms with E-state index in [1.807, 2.05) is 6.92 Å². The number of hydrogen-bond donors (Lipinski definition) is 3. The first-order chi connectivity index (χ1) is 8.70. The first kappa shape index (κ1) is 12.0. The van der Waals surface area contributed by atoms with Crippen LogP contribution in [0.4, 0.5) is 5.82 Å². The summed E-state index contributed by atoms with van der Waals surface area (Å²) in [6.07, 6.45) is 1.44. The maximum atomic E-state index is 11.3. The van der Waals surface area contributed by atoms with Gasteiger partial charge in [0, 0.05) is 7.05 Å². The molecule has 1 atom stereocenters. The van der Waals surface area contributed by atoms with Crippen LogP contribution < -0.4 is 10.6 Å². The van der Waals surface area contributed by atoms with Gasteiger partial charge in [-0.3, -0.25) is 9.89 Å². The molecule has 8 heteroatoms. The van der Waals surface area contributed by atoms with Crippen LogP contribution in [0.1, 0.15) is 29.3 Å². The molecule has 0 aliphatic heterocycles. The topological polar surface area (TPSA) is 108 Å². The third-order valence-electron chi connectivity index (χ3n) is 2.33. The van der Waals surface area contributed by atoms with Gasteiger partial charge < -0.3 is 10.6 Å². The van der Waals surface area contributed by atoms with Gasteiger partial charge in [-0.15, -0.1) is 10.2 Å². The number of amides is 1. The summed E-state index contributed by atoms with van der Waals surface area (Å²) in [6, 6.07) is 3.21. The number of anilines is 1. The Morgan fingerprint density at radius 1 is 1.39 bits per heavy atom. The fourth-order valence-corrected chi connectivity index (χ4v) is 1.37. The van der Waals surface area contributed by atoms with E-state index in [2.05, 4.69) is 36.0 Å². The third kappa shape index (κ3) is 2.59. The molecule has 2 rings (SSSR count). The van der Waals surface area contributed by atoms with Crippen molar-refractivity contribution in [1.82, 2.24) is 30.7 Å². The summed E-state index contributed by atoms with van der Waals surface area (Å²) in [7, 11) is 1.54. The van der Waals surface area contributed by atoms with Gasteiger partial charge in [-0.2, -0.15) is 5.10 Å². The highest BCUT2D eigenvalue weighted by Crippen LogP contribution is 2.12. The second kappa shape index (κ2) is 5.21. The predicted molar refractivity (Wildman–Crippen MR) is 63.8 cm³/mol. The summed E-state index contributed by atoms with van der Waals surface area (Å²) < 4.78 is 0. The highest BCUT2D eigenvalue weighted by atomic mass is 16.1. The number of rotatable bonds is 4. The summed E-state index contributed by atoms with van der Waals surface area (Å²) in [5, 5.41) is 19.8. The molecule has 0 aliphatic rings. The van der Waals surface area contributed by atoms with Crippen molar-refractivity contribution in [3.8, 4) is 0 Å². The first-order valence-corrected chi connectivity index (χ1v) is 5.38. The van der Waals surface area contributed by atoms with Gasteiger partial charge in [0.2, 0.25) is 0 Å². The number of aromatic amines is 1. The van der Waals surface area contributed by atoms with E-state index >= 15 is 0 Å². The van der Waals surface area contributed by atoms with Gasteiger partial charge in [-0.1, -0.05) is 0 Å². The Morgan fingerprint density at radius 2 is 2.22 bits per heavy atom. The highest BCUT2D eigenvalue weighted by molar-refractivity contribution is 5.91. The summed E-state index contributed by atoms with van der Waals surface area (Å²) in [5.41, 5.74) is 0.273. The van der Waals surface area contributed by atoms with Gasteiger partial charge >= 0.3 is 0 Å². The van der Waals surface area contributed by atoms with E-state index in [0.717, 1.165) is 0 Å². The van der Waals surface area contributed by atoms with Crippen molar-refractivity contribution in [2.75, 3.05) is 12.4 Å². The standard InChI is InChI=1S/C10H13N7O/c1-6(9-12-5-13-17-9)14-8-4-3-7(15-16-8)10(18)11-2/h3-6H,1-2H3,(H,11,18)(H,14,16)(H,12,13,17). The van der Waals surface area contributed by atoms with E-state index in [1.54, 1.807) is 19.2 Å². The lowest BCUT2D eigenvalue weighted by Crippen LogP contribution is -2.20. The van der Waals surface area contributed by atoms with E-state index in [-0.39, 0.29) is 17.6 Å². The van der Waals surface area contributed by atoms with Crippen LogP contribution in [0, 0.1) is 0 Å². The molecule has 3 N–H and O–H groups in total. The van der Waals surface area contributed by atoms with Crippen molar-refractivity contribution in [1.29, 1.82) is 0 Å². The molecule has 0 fully saturated rings. The molecule has 94 valence electrons. The van der Waals surface area contributed by atoms with Crippen LogP contribution in [0.2, 0.25) is 0 Å². The number of nitrogens with one attached hydrogen (secondary N) is 3. The van der Waals surface area contributed by atoms with E-state index in [0.29, 0.717) is 11.6 Å². The summed E-state index contributed by atoms with van der Waals surface area (Å²) in [5.74, 6) is 0.996. The average molecular weight is 247 g/mol. The Hall–Kier alpha value is -2.51. The normalized spacial score (nSPS) is 11.9. The lowest BCUT2D eigenvalue weighted by Gasteiger charge is -2.10. The van der Waals surface area contributed by atoms with E-state index in [1.165, 1.54) is 6.33 Å². The minimum atomic E-state index is -0.266. The predicted octanol–water partition coefficient (Wildman–Crippen LogP) is 0.127. The molecule has 0 aromatic carbocycles. The van der Waals surface area contributed by atoms with E-state index in [4.69, 9.17) is 0 Å². The van der Waals surface area contributed by atoms with Crippen molar-refractivity contribution >= 4 is 11.7 Å². The Bertz CT molecular complexity index is 508. The zero-order valence-electron chi connectivity index (χ0n) is 10.0. The largest absolute Gasteiger partial charge is 0.359 e. The van der Waals surface area contributed by atoms with Crippen LogP contribution in [0.25, 0.3) is 0 Å². The fraction of sp³-hybridized carbons (Fsp3) is 0.300. The number of carbonyl (C=O) groups is 1. The number of hydrogen-bond acceptors (Lipinski definition) is 6. The number of aromatic nitrogens is 5. The Morgan fingerprint density at radius 3 is 2.78 bits per heavy atom. The lowest BCUT2D eigenvalue weighted by atomic mass is 10.3. The molecule has 0 spiro atoms. The monoisotopic (exact) mass is 247 g/mol. The van der Waals surface area contributed by atoms with Crippen LogP contribution in [0.15, 0.2) is 18.5 Å². The van der Waals surface area contributed by atoms with Gasteiger partial charge in [-0.25, -0.2) is 4.98 Å². The van der Waals surface area contributed by atoms with Gasteiger partial charge in [0.05, 0.1) is 6.04 Å². The van der Waals surface area contributed by atoms with E-state index < -0.39 is 0 Å². The molecular weight excluding hydrogens is 234 g/mol. The molecule has 0 bridgehead atoms. The molecule has 0 radical (unpaired) electrons. The van der Waals surface area contributed by atoms with Crippen LogP contribution in [0.5, 0.6) is 0 Å². The van der Waals surface area contributed by atoms with Crippen LogP contribution in [-0.4, -0.2) is 38.3 Å². The SMILES string of the molecule is CNC(=O)c1ccc(NC(C)c2ncn[nH]2)nn1. The van der Waals surface area contributed by atoms with E-state index in [9.17, 15) is 4.79 Å². The van der Waals surface area contributed by atoms with Gasteiger partial charge in [0.1, 0.15) is 18.0 Å². The average Bonchev–Trinajstić information content (AvgIpc) is 2.92. The zero-order chi connectivity index (χ0) is 13.0. The maximum absolute atomic E-state index is 11.3. The molecule has 8 nitrogen and oxygen atoms in total. The van der Waals surface area contributed by atoms with Gasteiger partial charge in [-0.05, 0) is 19.1 Å². The quantitative estimate of drug-likeness (QED) is 0.708. The minimum absolute atomic E-state index is 0.0762. The second-order valence-electron chi connectivity index (χ2n) is 3.62. The number of carbonyl (C=O) groups excluding carboxylic acids is 1. The Kier molecular flexibility index (Phi) is 3.46. The molecular formula is C10H13N7O. The van der Waals surface area contributed by atoms with Crippen LogP contribution >= 0.6 is 0 Å². The number of nitrogens with zero attached hydrogens (tertiary/aromatic N) is 4. The Balaban J connectivity index is 2.04. The maximum Gasteiger partial charge on any atom is 0.271 e. The van der Waals surface area contributed by atoms with Crippen LogP contribution in [0.3, 0.4) is 0 Å². The van der Waals surface area contributed by atoms with Crippen molar-refractivity contribution < 1.29 is 4.79 Å². The smallest absolute Gasteiger partial charge is 0.271 e. The van der Waals surface area contributed by atoms with Crippen molar-refractivity contribution in [3.63, 3.8) is 0 Å². The van der Waals surface area contributed by atoms with Crippen molar-refractivity contribution in [2.24, 2.45) is 0 Å². The molecule has 18 heavy (non-hydrogen) atoms. The van der Waals surface area contributed by atoms with Gasteiger partial charge in [0.15, 0.2) is 5.69 Å². The zero-order valence-corrected chi connectivity index (χ0v) is 10.0. The number of H-pyrrole nitrogens is 1.